The van der Waals surface area contributed by atoms with Crippen LogP contribution in [0.1, 0.15) is 78.8 Å². The van der Waals surface area contributed by atoms with Crippen molar-refractivity contribution in [3.05, 3.63) is 33.5 Å². The van der Waals surface area contributed by atoms with Crippen LogP contribution in [0.5, 0.6) is 0 Å². The van der Waals surface area contributed by atoms with Crippen molar-refractivity contribution < 1.29 is 9.26 Å². The third-order valence-electron chi connectivity index (χ3n) is 11.5. The van der Waals surface area contributed by atoms with E-state index in [1.807, 2.05) is 6.20 Å². The lowest BCUT2D eigenvalue weighted by Crippen LogP contribution is -2.70. The Kier molecular flexibility index (Phi) is 6.52. The van der Waals surface area contributed by atoms with Gasteiger partial charge in [0, 0.05) is 36.1 Å². The summed E-state index contributed by atoms with van der Waals surface area (Å²) in [7, 11) is 2.21. The average Bonchev–Trinajstić information content (AvgIpc) is 3.85. The largest absolute Gasteiger partial charge is 0.389 e. The molecule has 13 heteroatoms. The van der Waals surface area contributed by atoms with E-state index in [4.69, 9.17) is 35.2 Å². The molecule has 0 amide bonds. The summed E-state index contributed by atoms with van der Waals surface area (Å²) in [5.41, 5.74) is 10.3. The summed E-state index contributed by atoms with van der Waals surface area (Å²) < 4.78 is 14.1. The van der Waals surface area contributed by atoms with Crippen LogP contribution in [0.4, 0.5) is 10.8 Å². The molecule has 4 aromatic rings. The highest BCUT2D eigenvalue weighted by Gasteiger charge is 2.49. The number of nitrogens with two attached hydrogens (primary N) is 1. The first-order valence-electron chi connectivity index (χ1n) is 16.8. The zero-order chi connectivity index (χ0) is 31.2. The topological polar surface area (TPSA) is 147 Å². The number of aromatic nitrogens is 5. The second-order valence-electron chi connectivity index (χ2n) is 14.1. The fraction of sp³-hybridized carbons (Fsp3) is 0.606. The van der Waals surface area contributed by atoms with Crippen LogP contribution in [0.25, 0.3) is 22.6 Å². The van der Waals surface area contributed by atoms with Gasteiger partial charge in [-0.15, -0.1) is 11.3 Å². The maximum absolute atomic E-state index is 10.1. The maximum atomic E-state index is 10.1. The summed E-state index contributed by atoms with van der Waals surface area (Å²) in [5.74, 6) is 2.35. The molecule has 3 fully saturated rings. The molecule has 5 aliphatic rings. The van der Waals surface area contributed by atoms with E-state index < -0.39 is 5.41 Å². The summed E-state index contributed by atoms with van der Waals surface area (Å²) in [6, 6.07) is 2.98. The predicted octanol–water partition coefficient (Wildman–Crippen LogP) is 3.79. The molecule has 0 aromatic carbocycles. The number of nitrogens with zero attached hydrogens (tertiary/aromatic N) is 8. The van der Waals surface area contributed by atoms with Gasteiger partial charge in [0.25, 0.3) is 0 Å². The number of likely N-dealkylation sites (tertiary alicyclic amines) is 1. The number of anilines is 2. The van der Waals surface area contributed by atoms with Gasteiger partial charge in [-0.3, -0.25) is 0 Å². The van der Waals surface area contributed by atoms with E-state index in [2.05, 4.69) is 39.8 Å². The molecule has 2 spiro atoms. The first-order valence-corrected chi connectivity index (χ1v) is 17.6. The van der Waals surface area contributed by atoms with Crippen LogP contribution in [0, 0.1) is 11.3 Å². The Hall–Kier alpha value is -3.57. The van der Waals surface area contributed by atoms with Crippen LogP contribution >= 0.6 is 11.3 Å². The monoisotopic (exact) mass is 640 g/mol. The highest BCUT2D eigenvalue weighted by Crippen LogP contribution is 2.55. The second kappa shape index (κ2) is 10.5. The smallest absolute Gasteiger partial charge is 0.186 e. The van der Waals surface area contributed by atoms with Crippen molar-refractivity contribution in [3.8, 4) is 17.6 Å². The van der Waals surface area contributed by atoms with Crippen LogP contribution in [0.2, 0.25) is 0 Å². The van der Waals surface area contributed by atoms with E-state index in [-0.39, 0.29) is 11.6 Å². The number of aryl methyl sites for hydroxylation is 1. The number of nitrogens with one attached hydrogen (secondary N) is 1. The molecule has 0 bridgehead atoms. The van der Waals surface area contributed by atoms with Crippen LogP contribution in [-0.2, 0) is 23.0 Å². The molecule has 7 heterocycles. The summed E-state index contributed by atoms with van der Waals surface area (Å²) >= 11 is 1.56. The molecule has 2 aliphatic carbocycles. The zero-order valence-corrected chi connectivity index (χ0v) is 27.3. The van der Waals surface area contributed by atoms with E-state index in [0.717, 1.165) is 105 Å². The number of hydrogen-bond donors (Lipinski definition) is 2. The quantitative estimate of drug-likeness (QED) is 0.336. The number of thiophene rings is 1. The van der Waals surface area contributed by atoms with Crippen LogP contribution < -0.4 is 16.0 Å². The first kappa shape index (κ1) is 28.6. The van der Waals surface area contributed by atoms with Gasteiger partial charge in [-0.1, -0.05) is 5.16 Å². The molecule has 3 aliphatic heterocycles. The number of likely N-dealkylation sites (N-methyl/N-ethyl adjacent to an activating group) is 1. The van der Waals surface area contributed by atoms with Crippen molar-refractivity contribution in [3.63, 3.8) is 0 Å². The molecule has 46 heavy (non-hydrogen) atoms. The predicted molar refractivity (Wildman–Crippen MR) is 175 cm³/mol. The van der Waals surface area contributed by atoms with Gasteiger partial charge in [0.2, 0.25) is 0 Å². The molecule has 3 N–H and O–H groups in total. The standard InChI is InChI=1S/C33H40N10O2S/c1-19(23-7-5-12-41(23)2)43-31-22(15-37-43)30(42-13-11-36-32(16-42)17-44-18-32)38-29(39-31)26-20-6-3-9-33(27(20)45-40-26)10-4-8-24-25(33)21(14-34)28(35)46-24/h15,19,23,36H,3-13,16-18,35H2,1-2H3. The fourth-order valence-electron chi connectivity index (χ4n) is 9.16. The Morgan fingerprint density at radius 1 is 1.17 bits per heavy atom. The Balaban J connectivity index is 1.20. The zero-order valence-electron chi connectivity index (χ0n) is 26.5. The third kappa shape index (κ3) is 4.06. The first-order chi connectivity index (χ1) is 22.4. The minimum atomic E-state index is -0.392. The van der Waals surface area contributed by atoms with Crippen LogP contribution in [0.15, 0.2) is 10.7 Å². The highest BCUT2D eigenvalue weighted by atomic mass is 32.1. The number of nitriles is 1. The van der Waals surface area contributed by atoms with Crippen molar-refractivity contribution in [2.45, 2.75) is 81.3 Å². The summed E-state index contributed by atoms with van der Waals surface area (Å²) in [6.45, 7) is 7.26. The third-order valence-corrected chi connectivity index (χ3v) is 12.5. The van der Waals surface area contributed by atoms with Gasteiger partial charge in [0.15, 0.2) is 22.9 Å². The molecule has 0 radical (unpaired) electrons. The van der Waals surface area contributed by atoms with E-state index in [0.29, 0.717) is 41.3 Å². The maximum Gasteiger partial charge on any atom is 0.186 e. The van der Waals surface area contributed by atoms with Crippen molar-refractivity contribution >= 4 is 33.2 Å². The normalized spacial score (nSPS) is 26.3. The number of rotatable bonds is 4. The van der Waals surface area contributed by atoms with Crippen molar-refractivity contribution in [1.29, 1.82) is 5.26 Å². The molecular weight excluding hydrogens is 600 g/mol. The molecule has 9 rings (SSSR count). The SMILES string of the molecule is CC(C1CCCN1C)n1ncc2c(N3CCNC4(COC4)C3)nc(-c3noc4c3CCCC43CCCc4sc(N)c(C#N)c43)nc21. The lowest BCUT2D eigenvalue weighted by atomic mass is 9.63. The lowest BCUT2D eigenvalue weighted by molar-refractivity contribution is -0.0743. The van der Waals surface area contributed by atoms with Crippen molar-refractivity contribution in [2.24, 2.45) is 0 Å². The average molecular weight is 641 g/mol. The van der Waals surface area contributed by atoms with Gasteiger partial charge in [0.1, 0.15) is 16.9 Å². The van der Waals surface area contributed by atoms with E-state index in [9.17, 15) is 5.26 Å². The van der Waals surface area contributed by atoms with E-state index in [1.165, 1.54) is 11.3 Å². The number of ether oxygens (including phenoxy) is 1. The van der Waals surface area contributed by atoms with E-state index in [1.54, 1.807) is 11.3 Å². The summed E-state index contributed by atoms with van der Waals surface area (Å²) in [6.07, 6.45) is 9.90. The summed E-state index contributed by atoms with van der Waals surface area (Å²) in [4.78, 5) is 16.6. The minimum absolute atomic E-state index is 0.0511. The summed E-state index contributed by atoms with van der Waals surface area (Å²) in [5, 5.41) is 25.1. The van der Waals surface area contributed by atoms with Gasteiger partial charge >= 0.3 is 0 Å². The van der Waals surface area contributed by atoms with Gasteiger partial charge in [-0.2, -0.15) is 10.4 Å². The molecule has 3 atom stereocenters. The molecule has 240 valence electrons. The Morgan fingerprint density at radius 3 is 2.78 bits per heavy atom. The number of hydrogen-bond acceptors (Lipinski definition) is 12. The van der Waals surface area contributed by atoms with Crippen LogP contribution in [-0.4, -0.2) is 87.8 Å². The Labute approximate surface area is 271 Å². The number of piperazine rings is 1. The highest BCUT2D eigenvalue weighted by molar-refractivity contribution is 7.16. The van der Waals surface area contributed by atoms with Gasteiger partial charge in [0.05, 0.1) is 47.4 Å². The molecule has 12 nitrogen and oxygen atoms in total. The van der Waals surface area contributed by atoms with Gasteiger partial charge in [-0.05, 0) is 77.4 Å². The van der Waals surface area contributed by atoms with Gasteiger partial charge < -0.3 is 30.1 Å². The number of nitrogen functional groups attached to an aromatic ring is 1. The van der Waals surface area contributed by atoms with Crippen molar-refractivity contribution in [1.82, 2.24) is 35.1 Å². The Bertz CT molecular complexity index is 1880. The molecular formula is C33H40N10O2S. The Morgan fingerprint density at radius 2 is 2.02 bits per heavy atom. The van der Waals surface area contributed by atoms with Crippen molar-refractivity contribution in [2.75, 3.05) is 57.1 Å². The molecule has 3 saturated heterocycles. The van der Waals surface area contributed by atoms with E-state index >= 15 is 0 Å². The molecule has 4 aromatic heterocycles. The lowest BCUT2D eigenvalue weighted by Gasteiger charge is -2.49. The second-order valence-corrected chi connectivity index (χ2v) is 15.3. The number of fused-ring (bicyclic) bond motifs is 5. The molecule has 3 unspecified atom stereocenters. The molecule has 0 saturated carbocycles. The van der Waals surface area contributed by atoms with Crippen LogP contribution in [0.3, 0.4) is 0 Å². The fourth-order valence-corrected chi connectivity index (χ4v) is 10.3. The minimum Gasteiger partial charge on any atom is -0.389 e. The van der Waals surface area contributed by atoms with Gasteiger partial charge in [-0.25, -0.2) is 14.6 Å².